The number of allylic oxidation sites excluding steroid dienone is 1. The predicted octanol–water partition coefficient (Wildman–Crippen LogP) is 2.61. The largest absolute Gasteiger partial charge is 0.286 e. The van der Waals surface area contributed by atoms with E-state index in [1.54, 1.807) is 6.08 Å². The maximum atomic E-state index is 11.8. The van der Waals surface area contributed by atoms with E-state index in [0.29, 0.717) is 19.4 Å². The van der Waals surface area contributed by atoms with Crippen LogP contribution in [0.5, 0.6) is 0 Å². The van der Waals surface area contributed by atoms with E-state index >= 15 is 0 Å². The summed E-state index contributed by atoms with van der Waals surface area (Å²) in [5.41, 5.74) is -0.508. The number of carbonyl (C=O) groups excluding carboxylic acids is 1. The van der Waals surface area contributed by atoms with Crippen LogP contribution in [0.3, 0.4) is 0 Å². The zero-order valence-electron chi connectivity index (χ0n) is 9.42. The highest BCUT2D eigenvalue weighted by atomic mass is 16.5. The highest BCUT2D eigenvalue weighted by molar-refractivity contribution is 5.81. The van der Waals surface area contributed by atoms with Gasteiger partial charge in [-0.25, -0.2) is 5.06 Å². The van der Waals surface area contributed by atoms with Crippen molar-refractivity contribution in [2.45, 2.75) is 40.0 Å². The van der Waals surface area contributed by atoms with Crippen LogP contribution in [-0.4, -0.2) is 22.7 Å². The van der Waals surface area contributed by atoms with E-state index in [0.717, 1.165) is 11.5 Å². The Morgan fingerprint density at radius 2 is 2.14 bits per heavy atom. The summed E-state index contributed by atoms with van der Waals surface area (Å²) >= 11 is 0. The van der Waals surface area contributed by atoms with Crippen LogP contribution in [0.1, 0.15) is 40.0 Å². The molecule has 0 heterocycles. The molecule has 0 spiro atoms. The fourth-order valence-corrected chi connectivity index (χ4v) is 1.33. The molecule has 1 atom stereocenters. The van der Waals surface area contributed by atoms with Crippen LogP contribution in [-0.2, 0) is 4.79 Å². The number of amides is 1. The lowest BCUT2D eigenvalue weighted by Gasteiger charge is -2.29. The second-order valence-corrected chi connectivity index (χ2v) is 3.84. The molecule has 0 rings (SSSR count). The third kappa shape index (κ3) is 3.14. The molecule has 0 radical (unpaired) electrons. The average molecular weight is 199 g/mol. The van der Waals surface area contributed by atoms with Gasteiger partial charge in [0.2, 0.25) is 0 Å². The average Bonchev–Trinajstić information content (AvgIpc) is 2.17. The zero-order chi connectivity index (χ0) is 11.2. The molecule has 0 saturated carbocycles. The van der Waals surface area contributed by atoms with E-state index in [1.165, 1.54) is 0 Å². The van der Waals surface area contributed by atoms with Crippen molar-refractivity contribution in [1.82, 2.24) is 5.06 Å². The second kappa shape index (κ2) is 5.81. The van der Waals surface area contributed by atoms with Crippen molar-refractivity contribution in [2.75, 3.05) is 6.54 Å². The van der Waals surface area contributed by atoms with Crippen LogP contribution < -0.4 is 0 Å². The first-order valence-corrected chi connectivity index (χ1v) is 5.13. The normalized spacial score (nSPS) is 14.6. The number of nitrogens with zero attached hydrogens (tertiary/aromatic N) is 1. The Bertz CT molecular complexity index is 203. The van der Waals surface area contributed by atoms with Crippen molar-refractivity contribution >= 4 is 5.91 Å². The number of hydrogen-bond acceptors (Lipinski definition) is 2. The van der Waals surface area contributed by atoms with Gasteiger partial charge in [0, 0.05) is 6.54 Å². The van der Waals surface area contributed by atoms with Crippen LogP contribution in [0.4, 0.5) is 0 Å². The Morgan fingerprint density at radius 3 is 2.50 bits per heavy atom. The highest BCUT2D eigenvalue weighted by Crippen LogP contribution is 2.28. The minimum Gasteiger partial charge on any atom is -0.286 e. The van der Waals surface area contributed by atoms with Crippen molar-refractivity contribution in [2.24, 2.45) is 5.41 Å². The summed E-state index contributed by atoms with van der Waals surface area (Å²) in [6.45, 7) is 9.75. The third-order valence-electron chi connectivity index (χ3n) is 2.56. The molecule has 1 N–H and O–H groups in total. The Kier molecular flexibility index (Phi) is 5.46. The molecule has 1 amide bonds. The molecule has 3 nitrogen and oxygen atoms in total. The van der Waals surface area contributed by atoms with Gasteiger partial charge in [-0.05, 0) is 19.3 Å². The first kappa shape index (κ1) is 13.2. The molecule has 0 aliphatic rings. The molecule has 0 bridgehead atoms. The molecule has 0 aliphatic carbocycles. The molecule has 82 valence electrons. The Morgan fingerprint density at radius 1 is 1.57 bits per heavy atom. The topological polar surface area (TPSA) is 40.5 Å². The van der Waals surface area contributed by atoms with Crippen LogP contribution in [0, 0.1) is 5.41 Å². The lowest BCUT2D eigenvalue weighted by atomic mass is 9.83. The van der Waals surface area contributed by atoms with Gasteiger partial charge < -0.3 is 0 Å². The van der Waals surface area contributed by atoms with Gasteiger partial charge in [-0.1, -0.05) is 26.8 Å². The molecule has 0 aromatic carbocycles. The van der Waals surface area contributed by atoms with E-state index in [2.05, 4.69) is 6.58 Å². The summed E-state index contributed by atoms with van der Waals surface area (Å²) in [4.78, 5) is 11.8. The van der Waals surface area contributed by atoms with Gasteiger partial charge in [-0.15, -0.1) is 6.58 Å². The van der Waals surface area contributed by atoms with Crippen molar-refractivity contribution in [3.63, 3.8) is 0 Å². The Labute approximate surface area is 86.4 Å². The van der Waals surface area contributed by atoms with E-state index in [1.807, 2.05) is 20.8 Å². The monoisotopic (exact) mass is 199 g/mol. The molecule has 0 aliphatic heterocycles. The molecule has 0 aromatic heterocycles. The second-order valence-electron chi connectivity index (χ2n) is 3.84. The van der Waals surface area contributed by atoms with Crippen molar-refractivity contribution in [3.05, 3.63) is 12.7 Å². The van der Waals surface area contributed by atoms with Gasteiger partial charge in [0.25, 0.3) is 5.91 Å². The van der Waals surface area contributed by atoms with Gasteiger partial charge >= 0.3 is 0 Å². The first-order valence-electron chi connectivity index (χ1n) is 5.13. The maximum Gasteiger partial charge on any atom is 0.252 e. The quantitative estimate of drug-likeness (QED) is 0.406. The summed E-state index contributed by atoms with van der Waals surface area (Å²) in [5, 5.41) is 10.3. The minimum atomic E-state index is -0.508. The number of carbonyl (C=O) groups is 1. The number of hydroxylamine groups is 2. The van der Waals surface area contributed by atoms with Gasteiger partial charge in [0.15, 0.2) is 0 Å². The van der Waals surface area contributed by atoms with Crippen LogP contribution >= 0.6 is 0 Å². The third-order valence-corrected chi connectivity index (χ3v) is 2.56. The molecule has 3 heteroatoms. The lowest BCUT2D eigenvalue weighted by Crippen LogP contribution is -2.40. The van der Waals surface area contributed by atoms with Crippen molar-refractivity contribution in [3.8, 4) is 0 Å². The predicted molar refractivity (Wildman–Crippen MR) is 57.0 cm³/mol. The van der Waals surface area contributed by atoms with E-state index in [4.69, 9.17) is 0 Å². The summed E-state index contributed by atoms with van der Waals surface area (Å²) in [7, 11) is 0. The maximum absolute atomic E-state index is 11.8. The van der Waals surface area contributed by atoms with Crippen LogP contribution in [0.2, 0.25) is 0 Å². The van der Waals surface area contributed by atoms with Gasteiger partial charge in [-0.3, -0.25) is 10.0 Å². The molecule has 0 saturated heterocycles. The number of rotatable bonds is 6. The molecule has 0 fully saturated rings. The van der Waals surface area contributed by atoms with Gasteiger partial charge in [-0.2, -0.15) is 0 Å². The van der Waals surface area contributed by atoms with E-state index in [-0.39, 0.29) is 5.91 Å². The summed E-state index contributed by atoms with van der Waals surface area (Å²) in [6.07, 6.45) is 3.79. The standard InChI is InChI=1S/C11H21NO2/c1-5-8-11(4,7-3)10(13)12(14)9-6-2/h5,14H,1,6-9H2,2-4H3. The Balaban J connectivity index is 4.51. The zero-order valence-corrected chi connectivity index (χ0v) is 9.42. The fraction of sp³-hybridized carbons (Fsp3) is 0.727. The molecular weight excluding hydrogens is 178 g/mol. The van der Waals surface area contributed by atoms with Crippen molar-refractivity contribution < 1.29 is 10.0 Å². The molecule has 14 heavy (non-hydrogen) atoms. The minimum absolute atomic E-state index is 0.207. The van der Waals surface area contributed by atoms with Gasteiger partial charge in [0.05, 0.1) is 5.41 Å². The summed E-state index contributed by atoms with van der Waals surface area (Å²) in [5.74, 6) is -0.207. The summed E-state index contributed by atoms with van der Waals surface area (Å²) in [6, 6.07) is 0. The summed E-state index contributed by atoms with van der Waals surface area (Å²) < 4.78 is 0. The smallest absolute Gasteiger partial charge is 0.252 e. The number of hydrogen-bond donors (Lipinski definition) is 1. The molecular formula is C11H21NO2. The molecule has 0 aromatic rings. The Hall–Kier alpha value is -0.830. The van der Waals surface area contributed by atoms with Crippen LogP contribution in [0.25, 0.3) is 0 Å². The molecule has 1 unspecified atom stereocenters. The lowest BCUT2D eigenvalue weighted by molar-refractivity contribution is -0.176. The SMILES string of the molecule is C=CCC(C)(CC)C(=O)N(O)CCC. The highest BCUT2D eigenvalue weighted by Gasteiger charge is 2.33. The van der Waals surface area contributed by atoms with Crippen LogP contribution in [0.15, 0.2) is 12.7 Å². The fourth-order valence-electron chi connectivity index (χ4n) is 1.33. The van der Waals surface area contributed by atoms with E-state index in [9.17, 15) is 10.0 Å². The van der Waals surface area contributed by atoms with E-state index < -0.39 is 5.41 Å². The van der Waals surface area contributed by atoms with Gasteiger partial charge in [0.1, 0.15) is 0 Å². The van der Waals surface area contributed by atoms with Crippen molar-refractivity contribution in [1.29, 1.82) is 0 Å². The first-order chi connectivity index (χ1) is 6.51.